The predicted octanol–water partition coefficient (Wildman–Crippen LogP) is 2.70. The van der Waals surface area contributed by atoms with E-state index in [4.69, 9.17) is 4.52 Å². The highest BCUT2D eigenvalue weighted by atomic mass is 16.5. The summed E-state index contributed by atoms with van der Waals surface area (Å²) in [7, 11) is 0. The molecule has 62 valence electrons. The van der Waals surface area contributed by atoms with Crippen LogP contribution < -0.4 is 0 Å². The van der Waals surface area contributed by atoms with Crippen molar-refractivity contribution in [3.8, 4) is 0 Å². The molecule has 0 N–H and O–H groups in total. The fourth-order valence-corrected chi connectivity index (χ4v) is 1.51. The van der Waals surface area contributed by atoms with E-state index in [9.17, 15) is 0 Å². The first-order valence-electron chi connectivity index (χ1n) is 4.15. The summed E-state index contributed by atoms with van der Waals surface area (Å²) in [6.07, 6.45) is 2.84. The Balaban J connectivity index is 2.78. The molecule has 0 bridgehead atoms. The van der Waals surface area contributed by atoms with E-state index in [-0.39, 0.29) is 0 Å². The quantitative estimate of drug-likeness (QED) is 0.642. The lowest BCUT2D eigenvalue weighted by Crippen LogP contribution is -1.85. The third kappa shape index (κ3) is 0.916. The lowest BCUT2D eigenvalue weighted by atomic mass is 10.0. The fourth-order valence-electron chi connectivity index (χ4n) is 1.51. The van der Waals surface area contributed by atoms with Gasteiger partial charge in [0, 0.05) is 5.39 Å². The summed E-state index contributed by atoms with van der Waals surface area (Å²) in [4.78, 5) is 0. The highest BCUT2D eigenvalue weighted by Crippen LogP contribution is 2.21. The molecule has 0 atom stereocenters. The molecule has 0 fully saturated rings. The van der Waals surface area contributed by atoms with Crippen LogP contribution in [0.25, 0.3) is 11.0 Å². The van der Waals surface area contributed by atoms with E-state index in [1.54, 1.807) is 6.20 Å². The Morgan fingerprint density at radius 2 is 2.25 bits per heavy atom. The molecule has 2 nitrogen and oxygen atoms in total. The average Bonchev–Trinajstić information content (AvgIpc) is 2.53. The van der Waals surface area contributed by atoms with Gasteiger partial charge in [-0.05, 0) is 30.5 Å². The van der Waals surface area contributed by atoms with E-state index in [0.717, 1.165) is 17.4 Å². The Labute approximate surface area is 71.2 Å². The van der Waals surface area contributed by atoms with Crippen molar-refractivity contribution in [2.75, 3.05) is 0 Å². The van der Waals surface area contributed by atoms with Crippen molar-refractivity contribution in [3.05, 3.63) is 29.5 Å². The van der Waals surface area contributed by atoms with Crippen molar-refractivity contribution < 1.29 is 4.52 Å². The molecule has 0 saturated heterocycles. The van der Waals surface area contributed by atoms with Crippen molar-refractivity contribution in [3.63, 3.8) is 0 Å². The van der Waals surface area contributed by atoms with Crippen LogP contribution in [0.15, 0.2) is 22.9 Å². The van der Waals surface area contributed by atoms with Gasteiger partial charge in [-0.2, -0.15) is 0 Å². The summed E-state index contributed by atoms with van der Waals surface area (Å²) in [6.45, 7) is 4.26. The zero-order chi connectivity index (χ0) is 8.55. The van der Waals surface area contributed by atoms with E-state index in [1.165, 1.54) is 11.1 Å². The van der Waals surface area contributed by atoms with Crippen LogP contribution in [-0.2, 0) is 6.42 Å². The Hall–Kier alpha value is -1.31. The number of fused-ring (bicyclic) bond motifs is 1. The van der Waals surface area contributed by atoms with E-state index in [0.29, 0.717) is 0 Å². The summed E-state index contributed by atoms with van der Waals surface area (Å²) in [5.41, 5.74) is 3.53. The first-order chi connectivity index (χ1) is 5.83. The Bertz CT molecular complexity index is 403. The SMILES string of the molecule is CCc1ccc2oncc2c1C. The lowest BCUT2D eigenvalue weighted by Gasteiger charge is -2.01. The van der Waals surface area contributed by atoms with Crippen LogP contribution in [0.1, 0.15) is 18.1 Å². The molecule has 1 aromatic carbocycles. The van der Waals surface area contributed by atoms with Gasteiger partial charge in [0.15, 0.2) is 5.58 Å². The third-order valence-corrected chi connectivity index (χ3v) is 2.30. The normalized spacial score (nSPS) is 10.8. The smallest absolute Gasteiger partial charge is 0.167 e. The minimum atomic E-state index is 0.879. The van der Waals surface area contributed by atoms with Crippen LogP contribution >= 0.6 is 0 Å². The maximum Gasteiger partial charge on any atom is 0.167 e. The van der Waals surface area contributed by atoms with E-state index >= 15 is 0 Å². The molecule has 2 rings (SSSR count). The van der Waals surface area contributed by atoms with Crippen molar-refractivity contribution in [2.24, 2.45) is 0 Å². The maximum atomic E-state index is 5.05. The number of hydrogen-bond donors (Lipinski definition) is 0. The van der Waals surface area contributed by atoms with Crippen LogP contribution in [0.2, 0.25) is 0 Å². The van der Waals surface area contributed by atoms with E-state index in [2.05, 4.69) is 25.1 Å². The monoisotopic (exact) mass is 161 g/mol. The summed E-state index contributed by atoms with van der Waals surface area (Å²) >= 11 is 0. The highest BCUT2D eigenvalue weighted by Gasteiger charge is 2.04. The summed E-state index contributed by atoms with van der Waals surface area (Å²) in [6, 6.07) is 4.08. The third-order valence-electron chi connectivity index (χ3n) is 2.30. The van der Waals surface area contributed by atoms with Crippen LogP contribution in [0.4, 0.5) is 0 Å². The summed E-state index contributed by atoms with van der Waals surface area (Å²) < 4.78 is 5.05. The second-order valence-electron chi connectivity index (χ2n) is 2.94. The van der Waals surface area contributed by atoms with Gasteiger partial charge in [0.25, 0.3) is 0 Å². The van der Waals surface area contributed by atoms with Gasteiger partial charge < -0.3 is 4.52 Å². The first-order valence-corrected chi connectivity index (χ1v) is 4.15. The molecule has 12 heavy (non-hydrogen) atoms. The van der Waals surface area contributed by atoms with Crippen molar-refractivity contribution >= 4 is 11.0 Å². The molecule has 0 amide bonds. The van der Waals surface area contributed by atoms with Crippen LogP contribution in [0.5, 0.6) is 0 Å². The van der Waals surface area contributed by atoms with Crippen LogP contribution in [0, 0.1) is 6.92 Å². The molecule has 0 radical (unpaired) electrons. The van der Waals surface area contributed by atoms with Crippen molar-refractivity contribution in [2.45, 2.75) is 20.3 Å². The van der Waals surface area contributed by atoms with Gasteiger partial charge in [-0.3, -0.25) is 0 Å². The zero-order valence-electron chi connectivity index (χ0n) is 7.29. The predicted molar refractivity (Wildman–Crippen MR) is 48.1 cm³/mol. The number of aryl methyl sites for hydroxylation is 2. The van der Waals surface area contributed by atoms with Gasteiger partial charge in [-0.1, -0.05) is 18.1 Å². The standard InChI is InChI=1S/C10H11NO/c1-3-8-4-5-10-9(7(8)2)6-11-12-10/h4-6H,3H2,1-2H3. The average molecular weight is 161 g/mol. The summed E-state index contributed by atoms with van der Waals surface area (Å²) in [5, 5.41) is 4.90. The summed E-state index contributed by atoms with van der Waals surface area (Å²) in [5.74, 6) is 0. The molecule has 0 aliphatic rings. The topological polar surface area (TPSA) is 26.0 Å². The minimum Gasteiger partial charge on any atom is -0.356 e. The largest absolute Gasteiger partial charge is 0.356 e. The molecule has 2 aromatic rings. The minimum absolute atomic E-state index is 0.879. The molecule has 0 saturated carbocycles. The molecule has 0 unspecified atom stereocenters. The molecular weight excluding hydrogens is 150 g/mol. The molecule has 1 aromatic heterocycles. The molecule has 1 heterocycles. The Morgan fingerprint density at radius 3 is 3.00 bits per heavy atom. The number of benzene rings is 1. The fraction of sp³-hybridized carbons (Fsp3) is 0.300. The van der Waals surface area contributed by atoms with Gasteiger partial charge in [0.1, 0.15) is 0 Å². The van der Waals surface area contributed by atoms with E-state index in [1.807, 2.05) is 6.07 Å². The Kier molecular flexibility index (Phi) is 1.61. The molecule has 0 aliphatic heterocycles. The second-order valence-corrected chi connectivity index (χ2v) is 2.94. The zero-order valence-corrected chi connectivity index (χ0v) is 7.29. The lowest BCUT2D eigenvalue weighted by molar-refractivity contribution is 0.456. The second kappa shape index (κ2) is 2.63. The Morgan fingerprint density at radius 1 is 1.42 bits per heavy atom. The molecule has 2 heteroatoms. The maximum absolute atomic E-state index is 5.05. The number of rotatable bonds is 1. The van der Waals surface area contributed by atoms with Crippen LogP contribution in [0.3, 0.4) is 0 Å². The first kappa shape index (κ1) is 7.35. The van der Waals surface area contributed by atoms with Gasteiger partial charge in [0.2, 0.25) is 0 Å². The molecule has 0 spiro atoms. The molecule has 0 aliphatic carbocycles. The number of aromatic nitrogens is 1. The van der Waals surface area contributed by atoms with Gasteiger partial charge in [-0.15, -0.1) is 0 Å². The van der Waals surface area contributed by atoms with Gasteiger partial charge in [-0.25, -0.2) is 0 Å². The number of hydrogen-bond acceptors (Lipinski definition) is 2. The van der Waals surface area contributed by atoms with E-state index < -0.39 is 0 Å². The molecular formula is C10H11NO. The van der Waals surface area contributed by atoms with Gasteiger partial charge >= 0.3 is 0 Å². The van der Waals surface area contributed by atoms with Crippen molar-refractivity contribution in [1.82, 2.24) is 5.16 Å². The highest BCUT2D eigenvalue weighted by molar-refractivity contribution is 5.80. The van der Waals surface area contributed by atoms with Gasteiger partial charge in [0.05, 0.1) is 6.20 Å². The van der Waals surface area contributed by atoms with Crippen molar-refractivity contribution in [1.29, 1.82) is 0 Å². The van der Waals surface area contributed by atoms with Crippen LogP contribution in [-0.4, -0.2) is 5.16 Å². The number of nitrogens with zero attached hydrogens (tertiary/aromatic N) is 1.